The van der Waals surface area contributed by atoms with Crippen molar-refractivity contribution < 1.29 is 14.7 Å². The monoisotopic (exact) mass is 270 g/mol. The van der Waals surface area contributed by atoms with Gasteiger partial charge in [-0.2, -0.15) is 0 Å². The highest BCUT2D eigenvalue weighted by atomic mass is 16.4. The van der Waals surface area contributed by atoms with Crippen LogP contribution in [0.4, 0.5) is 0 Å². The molecule has 5 nitrogen and oxygen atoms in total. The van der Waals surface area contributed by atoms with Crippen LogP contribution >= 0.6 is 0 Å². The summed E-state index contributed by atoms with van der Waals surface area (Å²) >= 11 is 0. The van der Waals surface area contributed by atoms with E-state index in [9.17, 15) is 14.7 Å². The smallest absolute Gasteiger partial charge is 0.320 e. The summed E-state index contributed by atoms with van der Waals surface area (Å²) in [5.41, 5.74) is 0. The van der Waals surface area contributed by atoms with Crippen LogP contribution in [0.3, 0.4) is 0 Å². The molecule has 1 amide bonds. The van der Waals surface area contributed by atoms with Crippen LogP contribution in [0.25, 0.3) is 0 Å². The van der Waals surface area contributed by atoms with Crippen molar-refractivity contribution in [3.8, 4) is 0 Å². The summed E-state index contributed by atoms with van der Waals surface area (Å²) in [6.07, 6.45) is 2.44. The number of carboxylic acid groups (broad SMARTS) is 1. The summed E-state index contributed by atoms with van der Waals surface area (Å²) in [5.74, 6) is -0.493. The van der Waals surface area contributed by atoms with Crippen LogP contribution in [-0.4, -0.2) is 46.6 Å². The lowest BCUT2D eigenvalue weighted by atomic mass is 9.91. The maximum absolute atomic E-state index is 12.1. The molecule has 0 aromatic heterocycles. The lowest BCUT2D eigenvalue weighted by Crippen LogP contribution is -2.56. The molecule has 110 valence electrons. The Kier molecular flexibility index (Phi) is 5.79. The third-order valence-corrected chi connectivity index (χ3v) is 4.07. The van der Waals surface area contributed by atoms with Crippen molar-refractivity contribution >= 4 is 11.9 Å². The van der Waals surface area contributed by atoms with Gasteiger partial charge in [0.05, 0.1) is 6.04 Å². The normalized spacial score (nSPS) is 27.6. The third-order valence-electron chi connectivity index (χ3n) is 4.07. The van der Waals surface area contributed by atoms with Gasteiger partial charge in [0.25, 0.3) is 0 Å². The number of carbonyl (C=O) groups excluding carboxylic acids is 1. The number of aliphatic carboxylic acids is 1. The maximum atomic E-state index is 12.1. The van der Waals surface area contributed by atoms with E-state index in [4.69, 9.17) is 0 Å². The fourth-order valence-corrected chi connectivity index (χ4v) is 2.48. The van der Waals surface area contributed by atoms with E-state index < -0.39 is 12.0 Å². The van der Waals surface area contributed by atoms with Crippen molar-refractivity contribution in [2.24, 2.45) is 5.92 Å². The minimum Gasteiger partial charge on any atom is -0.480 e. The molecule has 0 radical (unpaired) electrons. The van der Waals surface area contributed by atoms with Crippen molar-refractivity contribution in [2.75, 3.05) is 6.54 Å². The highest BCUT2D eigenvalue weighted by Gasteiger charge is 2.36. The molecular weight excluding hydrogens is 244 g/mol. The second-order valence-electron chi connectivity index (χ2n) is 5.72. The molecule has 19 heavy (non-hydrogen) atoms. The van der Waals surface area contributed by atoms with E-state index in [1.165, 1.54) is 0 Å². The average molecular weight is 270 g/mol. The van der Waals surface area contributed by atoms with E-state index in [0.717, 1.165) is 12.8 Å². The molecule has 0 spiro atoms. The van der Waals surface area contributed by atoms with E-state index in [1.807, 2.05) is 18.7 Å². The number of piperidine rings is 1. The van der Waals surface area contributed by atoms with E-state index >= 15 is 0 Å². The van der Waals surface area contributed by atoms with Crippen LogP contribution in [0.5, 0.6) is 0 Å². The molecule has 2 N–H and O–H groups in total. The second kappa shape index (κ2) is 6.89. The highest BCUT2D eigenvalue weighted by molar-refractivity contribution is 5.83. The van der Waals surface area contributed by atoms with Gasteiger partial charge in [0.2, 0.25) is 5.91 Å². The van der Waals surface area contributed by atoms with Gasteiger partial charge < -0.3 is 10.4 Å². The number of nitrogens with one attached hydrogen (secondary N) is 1. The van der Waals surface area contributed by atoms with Crippen LogP contribution in [-0.2, 0) is 9.59 Å². The molecule has 4 atom stereocenters. The summed E-state index contributed by atoms with van der Waals surface area (Å²) in [6, 6.07) is -0.800. The fraction of sp³-hybridized carbons (Fsp3) is 0.857. The Morgan fingerprint density at radius 2 is 2.05 bits per heavy atom. The minimum absolute atomic E-state index is 0.0739. The largest absolute Gasteiger partial charge is 0.480 e. The topological polar surface area (TPSA) is 69.6 Å². The van der Waals surface area contributed by atoms with Crippen molar-refractivity contribution in [3.63, 3.8) is 0 Å². The molecule has 1 heterocycles. The van der Waals surface area contributed by atoms with E-state index in [1.54, 1.807) is 6.92 Å². The predicted molar refractivity (Wildman–Crippen MR) is 73.9 cm³/mol. The molecule has 1 rings (SSSR count). The summed E-state index contributed by atoms with van der Waals surface area (Å²) in [6.45, 7) is 8.50. The lowest BCUT2D eigenvalue weighted by molar-refractivity contribution is -0.148. The zero-order valence-corrected chi connectivity index (χ0v) is 12.3. The van der Waals surface area contributed by atoms with Crippen molar-refractivity contribution in [2.45, 2.75) is 65.1 Å². The highest BCUT2D eigenvalue weighted by Crippen LogP contribution is 2.24. The lowest BCUT2D eigenvalue weighted by Gasteiger charge is -2.39. The van der Waals surface area contributed by atoms with Crippen LogP contribution in [0.1, 0.15) is 47.0 Å². The quantitative estimate of drug-likeness (QED) is 0.794. The Bertz CT molecular complexity index is 333. The first-order valence-corrected chi connectivity index (χ1v) is 7.15. The summed E-state index contributed by atoms with van der Waals surface area (Å²) in [7, 11) is 0. The number of carboxylic acids is 1. The number of amides is 1. The fourth-order valence-electron chi connectivity index (χ4n) is 2.48. The Labute approximate surface area is 115 Å². The van der Waals surface area contributed by atoms with Gasteiger partial charge in [0, 0.05) is 12.6 Å². The first-order valence-electron chi connectivity index (χ1n) is 7.15. The van der Waals surface area contributed by atoms with Crippen molar-refractivity contribution in [1.82, 2.24) is 10.2 Å². The van der Waals surface area contributed by atoms with Crippen molar-refractivity contribution in [3.05, 3.63) is 0 Å². The van der Waals surface area contributed by atoms with Gasteiger partial charge in [0.15, 0.2) is 0 Å². The zero-order valence-electron chi connectivity index (χ0n) is 12.3. The Morgan fingerprint density at radius 3 is 2.58 bits per heavy atom. The predicted octanol–water partition coefficient (Wildman–Crippen LogP) is 1.47. The number of rotatable bonds is 5. The molecule has 0 bridgehead atoms. The standard InChI is InChI=1S/C14H26N2O3/c1-5-10(3)15-13(17)11(4)16-7-6-9(2)8-12(16)14(18)19/h9-12H,5-8H2,1-4H3,(H,15,17)(H,18,19). The van der Waals surface area contributed by atoms with Crippen molar-refractivity contribution in [1.29, 1.82) is 0 Å². The van der Waals surface area contributed by atoms with Crippen LogP contribution in [0.15, 0.2) is 0 Å². The summed E-state index contributed by atoms with van der Waals surface area (Å²) in [4.78, 5) is 25.3. The van der Waals surface area contributed by atoms with Gasteiger partial charge in [-0.25, -0.2) is 0 Å². The van der Waals surface area contributed by atoms with Crippen LogP contribution in [0.2, 0.25) is 0 Å². The molecule has 4 unspecified atom stereocenters. The molecule has 0 aromatic rings. The Morgan fingerprint density at radius 1 is 1.42 bits per heavy atom. The molecule has 0 saturated carbocycles. The molecule has 1 fully saturated rings. The van der Waals surface area contributed by atoms with Gasteiger partial charge in [-0.15, -0.1) is 0 Å². The first kappa shape index (κ1) is 16.0. The Balaban J connectivity index is 2.70. The summed E-state index contributed by atoms with van der Waals surface area (Å²) < 4.78 is 0. The van der Waals surface area contributed by atoms with Crippen LogP contribution in [0, 0.1) is 5.92 Å². The molecule has 1 saturated heterocycles. The van der Waals surface area contributed by atoms with Gasteiger partial charge in [0.1, 0.15) is 6.04 Å². The second-order valence-corrected chi connectivity index (χ2v) is 5.72. The number of nitrogens with zero attached hydrogens (tertiary/aromatic N) is 1. The molecule has 1 aliphatic rings. The SMILES string of the molecule is CCC(C)NC(=O)C(C)N1CCC(C)CC1C(=O)O. The number of hydrogen-bond donors (Lipinski definition) is 2. The molecule has 5 heteroatoms. The number of likely N-dealkylation sites (tertiary alicyclic amines) is 1. The zero-order chi connectivity index (χ0) is 14.6. The number of hydrogen-bond acceptors (Lipinski definition) is 3. The van der Waals surface area contributed by atoms with E-state index in [0.29, 0.717) is 18.9 Å². The molecule has 0 aliphatic carbocycles. The van der Waals surface area contributed by atoms with Gasteiger partial charge in [-0.1, -0.05) is 13.8 Å². The van der Waals surface area contributed by atoms with Gasteiger partial charge >= 0.3 is 5.97 Å². The molecular formula is C14H26N2O3. The maximum Gasteiger partial charge on any atom is 0.320 e. The van der Waals surface area contributed by atoms with E-state index in [2.05, 4.69) is 12.2 Å². The van der Waals surface area contributed by atoms with E-state index in [-0.39, 0.29) is 18.0 Å². The Hall–Kier alpha value is -1.10. The molecule has 0 aromatic carbocycles. The number of carbonyl (C=O) groups is 2. The average Bonchev–Trinajstić information content (AvgIpc) is 2.37. The van der Waals surface area contributed by atoms with Gasteiger partial charge in [-0.05, 0) is 39.0 Å². The first-order chi connectivity index (χ1) is 8.86. The summed E-state index contributed by atoms with van der Waals surface area (Å²) in [5, 5.41) is 12.2. The van der Waals surface area contributed by atoms with Gasteiger partial charge in [-0.3, -0.25) is 14.5 Å². The molecule has 1 aliphatic heterocycles. The van der Waals surface area contributed by atoms with Crippen LogP contribution < -0.4 is 5.32 Å². The minimum atomic E-state index is -0.824. The third kappa shape index (κ3) is 4.20.